The number of guanidine groups is 1. The van der Waals surface area contributed by atoms with Crippen LogP contribution in [0.25, 0.3) is 0 Å². The maximum Gasteiger partial charge on any atom is 0.328 e. The number of hydrogen-bond donors (Lipinski definition) is 0. The van der Waals surface area contributed by atoms with E-state index in [1.165, 1.54) is 4.90 Å². The predicted molar refractivity (Wildman–Crippen MR) is 101 cm³/mol. The number of likely N-dealkylation sites (N-methyl/N-ethyl adjacent to an activating group) is 1. The highest BCUT2D eigenvalue weighted by Gasteiger charge is 2.54. The number of ether oxygens (including phenoxy) is 1. The molecule has 3 aliphatic rings. The van der Waals surface area contributed by atoms with Crippen LogP contribution >= 0.6 is 0 Å². The van der Waals surface area contributed by atoms with Crippen LogP contribution in [0.1, 0.15) is 20.3 Å². The molecule has 0 aromatic heterocycles. The van der Waals surface area contributed by atoms with Crippen molar-refractivity contribution in [2.75, 3.05) is 25.6 Å². The number of urea groups is 1. The normalized spacial score (nSPS) is 24.1. The van der Waals surface area contributed by atoms with E-state index in [-0.39, 0.29) is 11.9 Å². The third-order valence-corrected chi connectivity index (χ3v) is 5.17. The lowest BCUT2D eigenvalue weighted by Gasteiger charge is -2.40. The van der Waals surface area contributed by atoms with E-state index in [9.17, 15) is 9.59 Å². The molecule has 1 fully saturated rings. The number of carbonyl (C=O) groups is 2. The van der Waals surface area contributed by atoms with Gasteiger partial charge in [0.25, 0.3) is 5.91 Å². The summed E-state index contributed by atoms with van der Waals surface area (Å²) in [7, 11) is 3.33. The molecule has 27 heavy (non-hydrogen) atoms. The average Bonchev–Trinajstić information content (AvgIpc) is 3.18. The number of amides is 3. The first-order chi connectivity index (χ1) is 13.0. The van der Waals surface area contributed by atoms with Crippen LogP contribution in [-0.4, -0.2) is 65.5 Å². The Morgan fingerprint density at radius 1 is 1.19 bits per heavy atom. The van der Waals surface area contributed by atoms with Gasteiger partial charge in [0, 0.05) is 31.2 Å². The van der Waals surface area contributed by atoms with Crippen molar-refractivity contribution in [3.05, 3.63) is 36.2 Å². The van der Waals surface area contributed by atoms with Gasteiger partial charge in [-0.3, -0.25) is 14.6 Å². The topological polar surface area (TPSA) is 68.7 Å². The Bertz CT molecular complexity index is 847. The molecular weight excluding hydrogens is 346 g/mol. The quantitative estimate of drug-likeness (QED) is 0.813. The van der Waals surface area contributed by atoms with E-state index in [4.69, 9.17) is 9.73 Å². The van der Waals surface area contributed by atoms with E-state index in [1.54, 1.807) is 19.1 Å². The molecular formula is C19H23N5O3. The number of anilines is 1. The molecule has 3 heterocycles. The standard InChI is InChI=1S/C19H23N5O3/c1-5-10-22-17(25)15-16(21(3)19(22)26)20-18-23(15)11-12(2)24(18)13-6-8-14(27-4)9-7-13/h6-9,11,15-16H,5,10H2,1-4H3. The Labute approximate surface area is 158 Å². The van der Waals surface area contributed by atoms with Crippen molar-refractivity contribution in [2.45, 2.75) is 32.5 Å². The summed E-state index contributed by atoms with van der Waals surface area (Å²) in [5, 5.41) is 0. The number of methoxy groups -OCH3 is 1. The van der Waals surface area contributed by atoms with E-state index in [0.717, 1.165) is 23.6 Å². The summed E-state index contributed by atoms with van der Waals surface area (Å²) in [4.78, 5) is 37.1. The zero-order valence-electron chi connectivity index (χ0n) is 15.9. The number of allylic oxidation sites excluding steroid dienone is 1. The fourth-order valence-electron chi connectivity index (χ4n) is 3.83. The minimum absolute atomic E-state index is 0.190. The highest BCUT2D eigenvalue weighted by molar-refractivity contribution is 6.09. The number of fused-ring (bicyclic) bond motifs is 3. The van der Waals surface area contributed by atoms with Gasteiger partial charge in [-0.05, 0) is 37.6 Å². The number of rotatable bonds is 4. The Morgan fingerprint density at radius 3 is 2.52 bits per heavy atom. The van der Waals surface area contributed by atoms with Gasteiger partial charge in [-0.1, -0.05) is 6.92 Å². The van der Waals surface area contributed by atoms with E-state index >= 15 is 0 Å². The van der Waals surface area contributed by atoms with Crippen LogP contribution in [0, 0.1) is 0 Å². The SMILES string of the molecule is CCCN1C(=O)C2C(N=C3N(c4ccc(OC)cc4)C(C)=CN32)N(C)C1=O. The number of carbonyl (C=O) groups excluding carboxylic acids is 2. The molecule has 0 saturated carbocycles. The van der Waals surface area contributed by atoms with Gasteiger partial charge < -0.3 is 14.5 Å². The molecule has 3 aliphatic heterocycles. The van der Waals surface area contributed by atoms with Gasteiger partial charge in [0.1, 0.15) is 5.75 Å². The Hall–Kier alpha value is -3.03. The molecule has 0 spiro atoms. The fraction of sp³-hybridized carbons (Fsp3) is 0.421. The molecule has 2 unspecified atom stereocenters. The van der Waals surface area contributed by atoms with Gasteiger partial charge in [-0.15, -0.1) is 0 Å². The maximum atomic E-state index is 13.0. The molecule has 142 valence electrons. The van der Waals surface area contributed by atoms with E-state index < -0.39 is 12.2 Å². The zero-order valence-corrected chi connectivity index (χ0v) is 15.9. The minimum Gasteiger partial charge on any atom is -0.497 e. The summed E-state index contributed by atoms with van der Waals surface area (Å²) in [6.45, 7) is 4.35. The van der Waals surface area contributed by atoms with Gasteiger partial charge in [-0.2, -0.15) is 0 Å². The first kappa shape index (κ1) is 17.4. The van der Waals surface area contributed by atoms with Crippen LogP contribution in [0.15, 0.2) is 41.2 Å². The summed E-state index contributed by atoms with van der Waals surface area (Å²) in [5.74, 6) is 1.25. The van der Waals surface area contributed by atoms with Gasteiger partial charge in [0.2, 0.25) is 5.96 Å². The lowest BCUT2D eigenvalue weighted by molar-refractivity contribution is -0.136. The Kier molecular flexibility index (Phi) is 4.05. The first-order valence-corrected chi connectivity index (χ1v) is 9.04. The lowest BCUT2D eigenvalue weighted by Crippen LogP contribution is -2.64. The van der Waals surface area contributed by atoms with Gasteiger partial charge in [0.05, 0.1) is 7.11 Å². The lowest BCUT2D eigenvalue weighted by atomic mass is 10.1. The highest BCUT2D eigenvalue weighted by atomic mass is 16.5. The summed E-state index contributed by atoms with van der Waals surface area (Å²) in [6, 6.07) is 6.86. The smallest absolute Gasteiger partial charge is 0.328 e. The van der Waals surface area contributed by atoms with E-state index in [1.807, 2.05) is 54.1 Å². The first-order valence-electron chi connectivity index (χ1n) is 9.04. The van der Waals surface area contributed by atoms with Crippen molar-refractivity contribution < 1.29 is 14.3 Å². The van der Waals surface area contributed by atoms with Crippen molar-refractivity contribution in [3.63, 3.8) is 0 Å². The second kappa shape index (κ2) is 6.29. The summed E-state index contributed by atoms with van der Waals surface area (Å²) in [6.07, 6.45) is 2.14. The van der Waals surface area contributed by atoms with Crippen LogP contribution in [0.3, 0.4) is 0 Å². The molecule has 0 aliphatic carbocycles. The molecule has 3 amide bonds. The second-order valence-electron chi connectivity index (χ2n) is 6.88. The summed E-state index contributed by atoms with van der Waals surface area (Å²) < 4.78 is 5.23. The van der Waals surface area contributed by atoms with Crippen LogP contribution in [0.5, 0.6) is 5.75 Å². The molecule has 1 saturated heterocycles. The molecule has 2 atom stereocenters. The summed E-state index contributed by atoms with van der Waals surface area (Å²) >= 11 is 0. The largest absolute Gasteiger partial charge is 0.497 e. The molecule has 0 N–H and O–H groups in total. The molecule has 1 aromatic carbocycles. The molecule has 4 rings (SSSR count). The number of hydrogen-bond acceptors (Lipinski definition) is 6. The Morgan fingerprint density at radius 2 is 1.89 bits per heavy atom. The van der Waals surface area contributed by atoms with Crippen molar-refractivity contribution >= 4 is 23.6 Å². The molecule has 0 radical (unpaired) electrons. The summed E-state index contributed by atoms with van der Waals surface area (Å²) in [5.41, 5.74) is 1.89. The van der Waals surface area contributed by atoms with Gasteiger partial charge >= 0.3 is 6.03 Å². The second-order valence-corrected chi connectivity index (χ2v) is 6.88. The van der Waals surface area contributed by atoms with Crippen molar-refractivity contribution in [1.29, 1.82) is 0 Å². The zero-order chi connectivity index (χ0) is 19.3. The number of imide groups is 1. The average molecular weight is 369 g/mol. The maximum absolute atomic E-state index is 13.0. The molecule has 1 aromatic rings. The monoisotopic (exact) mass is 369 g/mol. The van der Waals surface area contributed by atoms with Crippen LogP contribution in [0.4, 0.5) is 10.5 Å². The fourth-order valence-corrected chi connectivity index (χ4v) is 3.83. The number of nitrogens with zero attached hydrogens (tertiary/aromatic N) is 5. The predicted octanol–water partition coefficient (Wildman–Crippen LogP) is 2.05. The highest BCUT2D eigenvalue weighted by Crippen LogP contribution is 2.36. The Balaban J connectivity index is 1.70. The van der Waals surface area contributed by atoms with Crippen molar-refractivity contribution in [2.24, 2.45) is 4.99 Å². The molecule has 8 nitrogen and oxygen atoms in total. The van der Waals surface area contributed by atoms with Crippen LogP contribution in [-0.2, 0) is 4.79 Å². The van der Waals surface area contributed by atoms with E-state index in [0.29, 0.717) is 12.5 Å². The van der Waals surface area contributed by atoms with Crippen LogP contribution in [0.2, 0.25) is 0 Å². The number of benzene rings is 1. The molecule has 8 heteroatoms. The van der Waals surface area contributed by atoms with Crippen molar-refractivity contribution in [1.82, 2.24) is 14.7 Å². The molecule has 0 bridgehead atoms. The number of aliphatic imine (C=N–C) groups is 1. The van der Waals surface area contributed by atoms with E-state index in [2.05, 4.69) is 0 Å². The third kappa shape index (κ3) is 2.47. The van der Waals surface area contributed by atoms with Crippen molar-refractivity contribution in [3.8, 4) is 5.75 Å². The minimum atomic E-state index is -0.521. The third-order valence-electron chi connectivity index (χ3n) is 5.17. The van der Waals surface area contributed by atoms with Gasteiger partial charge in [0.15, 0.2) is 12.2 Å². The van der Waals surface area contributed by atoms with Crippen LogP contribution < -0.4 is 9.64 Å². The van der Waals surface area contributed by atoms with Gasteiger partial charge in [-0.25, -0.2) is 9.79 Å².